The van der Waals surface area contributed by atoms with E-state index in [1.807, 2.05) is 4.90 Å². The summed E-state index contributed by atoms with van der Waals surface area (Å²) in [6.45, 7) is 4.79. The van der Waals surface area contributed by atoms with Gasteiger partial charge in [0.2, 0.25) is 0 Å². The van der Waals surface area contributed by atoms with Crippen LogP contribution in [-0.4, -0.2) is 36.5 Å². The van der Waals surface area contributed by atoms with E-state index in [1.54, 1.807) is 12.3 Å². The third-order valence-electron chi connectivity index (χ3n) is 3.40. The second kappa shape index (κ2) is 6.59. The number of nitrogens with zero attached hydrogens (tertiary/aromatic N) is 1. The van der Waals surface area contributed by atoms with Crippen LogP contribution in [0.25, 0.3) is 0 Å². The first-order valence-electron chi connectivity index (χ1n) is 6.86. The van der Waals surface area contributed by atoms with Gasteiger partial charge in [0, 0.05) is 19.1 Å². The summed E-state index contributed by atoms with van der Waals surface area (Å²) in [6.07, 6.45) is 7.74. The van der Waals surface area contributed by atoms with Gasteiger partial charge in [0.15, 0.2) is 0 Å². The van der Waals surface area contributed by atoms with Gasteiger partial charge in [-0.25, -0.2) is 0 Å². The number of hydrogen-bond donors (Lipinski definition) is 1. The van der Waals surface area contributed by atoms with Gasteiger partial charge in [0.05, 0.1) is 11.8 Å². The zero-order valence-electron chi connectivity index (χ0n) is 11.0. The van der Waals surface area contributed by atoms with Gasteiger partial charge in [-0.05, 0) is 31.9 Å². The van der Waals surface area contributed by atoms with Crippen LogP contribution in [0.15, 0.2) is 23.0 Å². The number of rotatable bonds is 5. The fourth-order valence-corrected chi connectivity index (χ4v) is 2.46. The summed E-state index contributed by atoms with van der Waals surface area (Å²) in [6, 6.07) is 2.18. The smallest absolute Gasteiger partial charge is 0.257 e. The highest BCUT2D eigenvalue weighted by molar-refractivity contribution is 5.93. The Labute approximate surface area is 108 Å². The first-order valence-corrected chi connectivity index (χ1v) is 6.86. The Morgan fingerprint density at radius 1 is 1.56 bits per heavy atom. The van der Waals surface area contributed by atoms with Crippen molar-refractivity contribution in [1.82, 2.24) is 10.2 Å². The maximum Gasteiger partial charge on any atom is 0.257 e. The molecule has 0 saturated carbocycles. The first kappa shape index (κ1) is 13.1. The molecule has 1 fully saturated rings. The molecule has 2 heterocycles. The van der Waals surface area contributed by atoms with Crippen LogP contribution in [0, 0.1) is 0 Å². The summed E-state index contributed by atoms with van der Waals surface area (Å²) in [5, 5.41) is 3.49. The highest BCUT2D eigenvalue weighted by Crippen LogP contribution is 2.12. The van der Waals surface area contributed by atoms with E-state index in [2.05, 4.69) is 12.2 Å². The van der Waals surface area contributed by atoms with Gasteiger partial charge in [-0.15, -0.1) is 0 Å². The molecule has 1 aliphatic rings. The standard InChI is InChI=1S/C14H22N2O2/c1-2-8-16(10-13-5-3-4-7-15-13)14(17)12-6-9-18-11-12/h6,9,11,13,15H,2-5,7-8,10H2,1H3. The molecular weight excluding hydrogens is 228 g/mol. The molecule has 1 saturated heterocycles. The second-order valence-electron chi connectivity index (χ2n) is 4.91. The highest BCUT2D eigenvalue weighted by atomic mass is 16.3. The molecule has 1 aliphatic heterocycles. The molecule has 0 aromatic carbocycles. The van der Waals surface area contributed by atoms with E-state index in [4.69, 9.17) is 4.42 Å². The molecule has 0 spiro atoms. The lowest BCUT2D eigenvalue weighted by Gasteiger charge is -2.30. The number of furan rings is 1. The summed E-state index contributed by atoms with van der Waals surface area (Å²) in [4.78, 5) is 14.2. The van der Waals surface area contributed by atoms with Gasteiger partial charge >= 0.3 is 0 Å². The highest BCUT2D eigenvalue weighted by Gasteiger charge is 2.21. The SMILES string of the molecule is CCCN(CC1CCCCN1)C(=O)c1ccoc1. The zero-order valence-corrected chi connectivity index (χ0v) is 11.0. The summed E-state index contributed by atoms with van der Waals surface area (Å²) in [5.74, 6) is 0.0815. The third kappa shape index (κ3) is 3.35. The summed E-state index contributed by atoms with van der Waals surface area (Å²) >= 11 is 0. The number of hydrogen-bond acceptors (Lipinski definition) is 3. The topological polar surface area (TPSA) is 45.5 Å². The minimum atomic E-state index is 0.0815. The molecule has 4 heteroatoms. The lowest BCUT2D eigenvalue weighted by Crippen LogP contribution is -2.46. The first-order chi connectivity index (χ1) is 8.81. The van der Waals surface area contributed by atoms with Crippen LogP contribution in [0.2, 0.25) is 0 Å². The lowest BCUT2D eigenvalue weighted by atomic mass is 10.0. The van der Waals surface area contributed by atoms with Gasteiger partial charge in [-0.3, -0.25) is 4.79 Å². The number of piperidine rings is 1. The van der Waals surface area contributed by atoms with Gasteiger partial charge in [0.1, 0.15) is 6.26 Å². The Morgan fingerprint density at radius 2 is 2.44 bits per heavy atom. The molecule has 1 atom stereocenters. The average Bonchev–Trinajstić information content (AvgIpc) is 2.92. The van der Waals surface area contributed by atoms with Crippen molar-refractivity contribution in [3.8, 4) is 0 Å². The van der Waals surface area contributed by atoms with Crippen molar-refractivity contribution in [3.05, 3.63) is 24.2 Å². The molecule has 2 rings (SSSR count). The van der Waals surface area contributed by atoms with E-state index in [9.17, 15) is 4.79 Å². The third-order valence-corrected chi connectivity index (χ3v) is 3.40. The van der Waals surface area contributed by atoms with Crippen LogP contribution < -0.4 is 5.32 Å². The second-order valence-corrected chi connectivity index (χ2v) is 4.91. The minimum Gasteiger partial charge on any atom is -0.472 e. The van der Waals surface area contributed by atoms with E-state index < -0.39 is 0 Å². The monoisotopic (exact) mass is 250 g/mol. The maximum absolute atomic E-state index is 12.3. The summed E-state index contributed by atoms with van der Waals surface area (Å²) in [7, 11) is 0. The fraction of sp³-hybridized carbons (Fsp3) is 0.643. The Morgan fingerprint density at radius 3 is 3.06 bits per heavy atom. The molecule has 1 aromatic heterocycles. The lowest BCUT2D eigenvalue weighted by molar-refractivity contribution is 0.0731. The Kier molecular flexibility index (Phi) is 4.81. The van der Waals surface area contributed by atoms with Crippen molar-refractivity contribution in [3.63, 3.8) is 0 Å². The van der Waals surface area contributed by atoms with Crippen molar-refractivity contribution in [2.75, 3.05) is 19.6 Å². The predicted octanol–water partition coefficient (Wildman–Crippen LogP) is 2.27. The number of carbonyl (C=O) groups excluding carboxylic acids is 1. The van der Waals surface area contributed by atoms with Crippen molar-refractivity contribution in [2.24, 2.45) is 0 Å². The summed E-state index contributed by atoms with van der Waals surface area (Å²) in [5.41, 5.74) is 0.652. The molecule has 100 valence electrons. The molecule has 1 unspecified atom stereocenters. The maximum atomic E-state index is 12.3. The van der Waals surface area contributed by atoms with Crippen LogP contribution in [0.4, 0.5) is 0 Å². The molecule has 4 nitrogen and oxygen atoms in total. The molecule has 0 bridgehead atoms. The Bertz CT molecular complexity index is 356. The molecule has 18 heavy (non-hydrogen) atoms. The van der Waals surface area contributed by atoms with Crippen molar-refractivity contribution in [1.29, 1.82) is 0 Å². The quantitative estimate of drug-likeness (QED) is 0.872. The van der Waals surface area contributed by atoms with E-state index in [0.29, 0.717) is 11.6 Å². The normalized spacial score (nSPS) is 19.7. The molecule has 1 aromatic rings. The van der Waals surface area contributed by atoms with Crippen molar-refractivity contribution in [2.45, 2.75) is 38.6 Å². The number of nitrogens with one attached hydrogen (secondary N) is 1. The number of carbonyl (C=O) groups is 1. The Balaban J connectivity index is 1.96. The Hall–Kier alpha value is -1.29. The van der Waals surface area contributed by atoms with Crippen molar-refractivity contribution < 1.29 is 9.21 Å². The van der Waals surface area contributed by atoms with E-state index in [1.165, 1.54) is 25.5 Å². The van der Waals surface area contributed by atoms with E-state index in [-0.39, 0.29) is 5.91 Å². The molecule has 1 N–H and O–H groups in total. The van der Waals surface area contributed by atoms with Crippen LogP contribution in [0.3, 0.4) is 0 Å². The van der Waals surface area contributed by atoms with Crippen LogP contribution in [0.1, 0.15) is 43.0 Å². The van der Waals surface area contributed by atoms with Gasteiger partial charge in [0.25, 0.3) is 5.91 Å². The fourth-order valence-electron chi connectivity index (χ4n) is 2.46. The van der Waals surface area contributed by atoms with Crippen LogP contribution in [0.5, 0.6) is 0 Å². The zero-order chi connectivity index (χ0) is 12.8. The van der Waals surface area contributed by atoms with Gasteiger partial charge < -0.3 is 14.6 Å². The molecule has 0 radical (unpaired) electrons. The molecule has 1 amide bonds. The minimum absolute atomic E-state index is 0.0815. The van der Waals surface area contributed by atoms with Crippen LogP contribution in [-0.2, 0) is 0 Å². The molecular formula is C14H22N2O2. The average molecular weight is 250 g/mol. The van der Waals surface area contributed by atoms with E-state index >= 15 is 0 Å². The molecule has 0 aliphatic carbocycles. The number of amides is 1. The predicted molar refractivity (Wildman–Crippen MR) is 70.5 cm³/mol. The van der Waals surface area contributed by atoms with E-state index in [0.717, 1.165) is 26.1 Å². The van der Waals surface area contributed by atoms with Crippen molar-refractivity contribution >= 4 is 5.91 Å². The van der Waals surface area contributed by atoms with Gasteiger partial charge in [-0.2, -0.15) is 0 Å². The largest absolute Gasteiger partial charge is 0.472 e. The van der Waals surface area contributed by atoms with Crippen LogP contribution >= 0.6 is 0 Å². The summed E-state index contributed by atoms with van der Waals surface area (Å²) < 4.78 is 4.99. The van der Waals surface area contributed by atoms with Gasteiger partial charge in [-0.1, -0.05) is 13.3 Å².